The van der Waals surface area contributed by atoms with Crippen LogP contribution in [-0.4, -0.2) is 11.1 Å². The fraction of sp³-hybridized carbons (Fsp3) is 0.133. The van der Waals surface area contributed by atoms with Gasteiger partial charge in [0.2, 0.25) is 0 Å². The van der Waals surface area contributed by atoms with E-state index in [1.165, 1.54) is 36.0 Å². The SMILES string of the molecule is Cc1ccc(C(=O)O)cc1Sc1ccc(C(F)(F)F)cc1. The number of hydrogen-bond donors (Lipinski definition) is 1. The predicted octanol–water partition coefficient (Wildman–Crippen LogP) is 4.86. The molecule has 0 fully saturated rings. The van der Waals surface area contributed by atoms with Crippen LogP contribution in [0.1, 0.15) is 21.5 Å². The minimum atomic E-state index is -4.36. The van der Waals surface area contributed by atoms with E-state index in [9.17, 15) is 18.0 Å². The van der Waals surface area contributed by atoms with Crippen molar-refractivity contribution in [2.75, 3.05) is 0 Å². The normalized spacial score (nSPS) is 11.4. The van der Waals surface area contributed by atoms with Crippen LogP contribution in [-0.2, 0) is 6.18 Å². The van der Waals surface area contributed by atoms with E-state index < -0.39 is 17.7 Å². The third kappa shape index (κ3) is 3.78. The van der Waals surface area contributed by atoms with Gasteiger partial charge in [-0.1, -0.05) is 17.8 Å². The molecule has 0 saturated heterocycles. The lowest BCUT2D eigenvalue weighted by atomic mass is 10.1. The molecule has 0 aliphatic heterocycles. The van der Waals surface area contributed by atoms with Gasteiger partial charge in [0.15, 0.2) is 0 Å². The molecule has 2 aromatic rings. The standard InChI is InChI=1S/C15H11F3O2S/c1-9-2-3-10(14(19)20)8-13(9)21-12-6-4-11(5-7-12)15(16,17)18/h2-8H,1H3,(H,19,20). The van der Waals surface area contributed by atoms with Crippen molar-refractivity contribution in [3.8, 4) is 0 Å². The Morgan fingerprint density at radius 2 is 1.71 bits per heavy atom. The van der Waals surface area contributed by atoms with E-state index >= 15 is 0 Å². The van der Waals surface area contributed by atoms with Crippen LogP contribution in [0.3, 0.4) is 0 Å². The summed E-state index contributed by atoms with van der Waals surface area (Å²) in [6, 6.07) is 9.46. The summed E-state index contributed by atoms with van der Waals surface area (Å²) >= 11 is 1.23. The molecule has 2 rings (SSSR count). The molecule has 1 N–H and O–H groups in total. The number of aryl methyl sites for hydroxylation is 1. The second kappa shape index (κ2) is 5.81. The molecular weight excluding hydrogens is 301 g/mol. The van der Waals surface area contributed by atoms with Gasteiger partial charge in [0.25, 0.3) is 0 Å². The van der Waals surface area contributed by atoms with Gasteiger partial charge < -0.3 is 5.11 Å². The second-order valence-corrected chi connectivity index (χ2v) is 5.52. The molecule has 0 bridgehead atoms. The number of halogens is 3. The Morgan fingerprint density at radius 1 is 1.10 bits per heavy atom. The average molecular weight is 312 g/mol. The minimum Gasteiger partial charge on any atom is -0.478 e. The summed E-state index contributed by atoms with van der Waals surface area (Å²) in [6.45, 7) is 1.82. The molecule has 0 unspecified atom stereocenters. The second-order valence-electron chi connectivity index (χ2n) is 4.41. The van der Waals surface area contributed by atoms with Gasteiger partial charge in [-0.05, 0) is 48.9 Å². The number of benzene rings is 2. The van der Waals surface area contributed by atoms with Gasteiger partial charge in [-0.3, -0.25) is 0 Å². The van der Waals surface area contributed by atoms with Gasteiger partial charge in [0.1, 0.15) is 0 Å². The summed E-state index contributed by atoms with van der Waals surface area (Å²) in [5.41, 5.74) is 0.308. The third-order valence-electron chi connectivity index (χ3n) is 2.84. The molecule has 0 aliphatic rings. The maximum absolute atomic E-state index is 12.5. The summed E-state index contributed by atoms with van der Waals surface area (Å²) in [6.07, 6.45) is -4.36. The third-order valence-corrected chi connectivity index (χ3v) is 4.01. The molecule has 0 aliphatic carbocycles. The molecule has 110 valence electrons. The van der Waals surface area contributed by atoms with Gasteiger partial charge >= 0.3 is 12.1 Å². The van der Waals surface area contributed by atoms with E-state index in [4.69, 9.17) is 5.11 Å². The zero-order valence-corrected chi connectivity index (χ0v) is 11.8. The van der Waals surface area contributed by atoms with Crippen molar-refractivity contribution in [3.63, 3.8) is 0 Å². The van der Waals surface area contributed by atoms with Crippen LogP contribution in [0.4, 0.5) is 13.2 Å². The lowest BCUT2D eigenvalue weighted by molar-refractivity contribution is -0.137. The lowest BCUT2D eigenvalue weighted by Crippen LogP contribution is -2.03. The molecule has 2 aromatic carbocycles. The maximum Gasteiger partial charge on any atom is 0.416 e. The van der Waals surface area contributed by atoms with E-state index in [1.54, 1.807) is 6.07 Å². The number of aromatic carboxylic acids is 1. The Hall–Kier alpha value is -1.95. The summed E-state index contributed by atoms with van der Waals surface area (Å²) in [5.74, 6) is -1.04. The zero-order chi connectivity index (χ0) is 15.6. The van der Waals surface area contributed by atoms with Gasteiger partial charge in [-0.2, -0.15) is 13.2 Å². The molecule has 2 nitrogen and oxygen atoms in total. The van der Waals surface area contributed by atoms with E-state index in [2.05, 4.69) is 0 Å². The number of carboxylic acids is 1. The minimum absolute atomic E-state index is 0.148. The van der Waals surface area contributed by atoms with Crippen LogP contribution < -0.4 is 0 Å². The van der Waals surface area contributed by atoms with Crippen LogP contribution in [0.25, 0.3) is 0 Å². The molecular formula is C15H11F3O2S. The van der Waals surface area contributed by atoms with Crippen molar-refractivity contribution < 1.29 is 23.1 Å². The first-order chi connectivity index (χ1) is 9.77. The summed E-state index contributed by atoms with van der Waals surface area (Å²) in [7, 11) is 0. The topological polar surface area (TPSA) is 37.3 Å². The van der Waals surface area contributed by atoms with Crippen LogP contribution in [0.5, 0.6) is 0 Å². The highest BCUT2D eigenvalue weighted by Gasteiger charge is 2.29. The number of carbonyl (C=O) groups is 1. The molecule has 6 heteroatoms. The highest BCUT2D eigenvalue weighted by atomic mass is 32.2. The average Bonchev–Trinajstić information content (AvgIpc) is 2.40. The molecule has 21 heavy (non-hydrogen) atoms. The first-order valence-corrected chi connectivity index (χ1v) is 6.78. The summed E-state index contributed by atoms with van der Waals surface area (Å²) < 4.78 is 37.4. The lowest BCUT2D eigenvalue weighted by Gasteiger charge is -2.09. The Balaban J connectivity index is 2.26. The Labute approximate surface area is 123 Å². The maximum atomic E-state index is 12.5. The number of carboxylic acid groups (broad SMARTS) is 1. The van der Waals surface area contributed by atoms with Crippen molar-refractivity contribution >= 4 is 17.7 Å². The number of hydrogen-bond acceptors (Lipinski definition) is 2. The zero-order valence-electron chi connectivity index (χ0n) is 10.9. The highest BCUT2D eigenvalue weighted by Crippen LogP contribution is 2.34. The van der Waals surface area contributed by atoms with E-state index in [0.29, 0.717) is 9.79 Å². The van der Waals surface area contributed by atoms with Gasteiger partial charge in [-0.15, -0.1) is 0 Å². The summed E-state index contributed by atoms with van der Waals surface area (Å²) in [5, 5.41) is 8.96. The Bertz CT molecular complexity index is 664. The van der Waals surface area contributed by atoms with Crippen molar-refractivity contribution in [2.45, 2.75) is 22.9 Å². The first-order valence-electron chi connectivity index (χ1n) is 5.96. The van der Waals surface area contributed by atoms with E-state index in [0.717, 1.165) is 17.7 Å². The number of rotatable bonds is 3. The molecule has 0 radical (unpaired) electrons. The smallest absolute Gasteiger partial charge is 0.416 e. The van der Waals surface area contributed by atoms with Gasteiger partial charge in [0, 0.05) is 9.79 Å². The molecule has 0 heterocycles. The fourth-order valence-electron chi connectivity index (χ4n) is 1.68. The quantitative estimate of drug-likeness (QED) is 0.879. The predicted molar refractivity (Wildman–Crippen MR) is 73.7 cm³/mol. The molecule has 0 amide bonds. The molecule has 0 aromatic heterocycles. The van der Waals surface area contributed by atoms with Crippen molar-refractivity contribution in [1.29, 1.82) is 0 Å². The van der Waals surface area contributed by atoms with Crippen molar-refractivity contribution in [3.05, 3.63) is 59.2 Å². The van der Waals surface area contributed by atoms with Gasteiger partial charge in [0.05, 0.1) is 11.1 Å². The monoisotopic (exact) mass is 312 g/mol. The van der Waals surface area contributed by atoms with Crippen molar-refractivity contribution in [2.24, 2.45) is 0 Å². The Morgan fingerprint density at radius 3 is 2.24 bits per heavy atom. The summed E-state index contributed by atoms with van der Waals surface area (Å²) in [4.78, 5) is 12.3. The van der Waals surface area contributed by atoms with E-state index in [1.807, 2.05) is 6.92 Å². The Kier molecular flexibility index (Phi) is 4.27. The van der Waals surface area contributed by atoms with Crippen LogP contribution >= 0.6 is 11.8 Å². The van der Waals surface area contributed by atoms with Gasteiger partial charge in [-0.25, -0.2) is 4.79 Å². The van der Waals surface area contributed by atoms with Crippen LogP contribution in [0.15, 0.2) is 52.3 Å². The number of alkyl halides is 3. The molecule has 0 atom stereocenters. The molecule has 0 saturated carbocycles. The van der Waals surface area contributed by atoms with Crippen LogP contribution in [0, 0.1) is 6.92 Å². The highest BCUT2D eigenvalue weighted by molar-refractivity contribution is 7.99. The van der Waals surface area contributed by atoms with Crippen molar-refractivity contribution in [1.82, 2.24) is 0 Å². The van der Waals surface area contributed by atoms with E-state index in [-0.39, 0.29) is 5.56 Å². The van der Waals surface area contributed by atoms with Crippen LogP contribution in [0.2, 0.25) is 0 Å². The first kappa shape index (κ1) is 15.4. The molecule has 0 spiro atoms. The largest absolute Gasteiger partial charge is 0.478 e. The fourth-order valence-corrected chi connectivity index (χ4v) is 2.62.